The van der Waals surface area contributed by atoms with Crippen molar-refractivity contribution in [3.63, 3.8) is 0 Å². The number of anilines is 1. The van der Waals surface area contributed by atoms with Crippen molar-refractivity contribution in [2.24, 2.45) is 0 Å². The van der Waals surface area contributed by atoms with Gasteiger partial charge in [-0.1, -0.05) is 62.6 Å². The van der Waals surface area contributed by atoms with Gasteiger partial charge in [0.2, 0.25) is 11.8 Å². The summed E-state index contributed by atoms with van der Waals surface area (Å²) in [5.74, 6) is 0.217. The Morgan fingerprint density at radius 1 is 0.938 bits per heavy atom. The van der Waals surface area contributed by atoms with Gasteiger partial charge in [0.25, 0.3) is 0 Å². The second-order valence-corrected chi connectivity index (χ2v) is 12.2. The lowest BCUT2D eigenvalue weighted by molar-refractivity contribution is -0.204. The minimum Gasteiger partial charge on any atom is -0.494 e. The summed E-state index contributed by atoms with van der Waals surface area (Å²) in [4.78, 5) is 40.0. The number of ether oxygens (including phenoxy) is 2. The summed E-state index contributed by atoms with van der Waals surface area (Å²) in [6.07, 6.45) is 5.22. The fourth-order valence-corrected chi connectivity index (χ4v) is 5.60. The maximum absolute atomic E-state index is 12.7. The van der Waals surface area contributed by atoms with E-state index in [4.69, 9.17) is 9.47 Å². The molecule has 15 nitrogen and oxygen atoms in total. The summed E-state index contributed by atoms with van der Waals surface area (Å²) in [5.41, 5.74) is 2.01. The normalized spacial score (nSPS) is 21.5. The first-order valence-electron chi connectivity index (χ1n) is 16.7. The van der Waals surface area contributed by atoms with Crippen LogP contribution in [0.2, 0.25) is 0 Å². The average Bonchev–Trinajstić information content (AvgIpc) is 3.58. The number of H-pyrrole nitrogens is 1. The number of hydrogen-bond donors (Lipinski definition) is 8. The number of benzene rings is 1. The van der Waals surface area contributed by atoms with Crippen molar-refractivity contribution in [2.45, 2.75) is 108 Å². The van der Waals surface area contributed by atoms with Gasteiger partial charge in [-0.25, -0.2) is 15.0 Å². The summed E-state index contributed by atoms with van der Waals surface area (Å²) in [6.45, 7) is 1.70. The van der Waals surface area contributed by atoms with Gasteiger partial charge in [-0.2, -0.15) is 0 Å². The molecule has 0 aliphatic carbocycles. The van der Waals surface area contributed by atoms with E-state index in [1.165, 1.54) is 31.1 Å². The number of aromatic amines is 1. The monoisotopic (exact) mass is 671 g/mol. The molecular formula is C33H49N7O8. The first-order chi connectivity index (χ1) is 23.3. The Kier molecular flexibility index (Phi) is 14.8. The Bertz CT molecular complexity index is 1410. The third kappa shape index (κ3) is 11.1. The van der Waals surface area contributed by atoms with Crippen LogP contribution < -0.4 is 20.7 Å². The number of imidazole rings is 1. The van der Waals surface area contributed by atoms with E-state index in [-0.39, 0.29) is 24.7 Å². The maximum atomic E-state index is 12.7. The quantitative estimate of drug-likeness (QED) is 0.0800. The molecule has 1 aliphatic rings. The fraction of sp³-hybridized carbons (Fsp3) is 0.606. The van der Waals surface area contributed by atoms with Gasteiger partial charge in [0.1, 0.15) is 42.0 Å². The van der Waals surface area contributed by atoms with Crippen LogP contribution in [0.4, 0.5) is 5.82 Å². The Hall–Kier alpha value is -3.89. The van der Waals surface area contributed by atoms with Crippen LogP contribution in [0.1, 0.15) is 69.8 Å². The number of unbranched alkanes of at least 4 members (excludes halogenated alkanes) is 8. The number of aryl methyl sites for hydroxylation is 1. The third-order valence-corrected chi connectivity index (χ3v) is 8.37. The van der Waals surface area contributed by atoms with Gasteiger partial charge in [-0.3, -0.25) is 9.59 Å². The van der Waals surface area contributed by atoms with E-state index in [9.17, 15) is 30.0 Å². The van der Waals surface area contributed by atoms with Crippen LogP contribution in [0, 0.1) is 6.92 Å². The minimum atomic E-state index is -1.60. The van der Waals surface area contributed by atoms with E-state index in [1.54, 1.807) is 0 Å². The molecule has 8 N–H and O–H groups in total. The molecule has 48 heavy (non-hydrogen) atoms. The Morgan fingerprint density at radius 2 is 1.62 bits per heavy atom. The second-order valence-electron chi connectivity index (χ2n) is 12.2. The van der Waals surface area contributed by atoms with E-state index in [2.05, 4.69) is 54.9 Å². The number of rotatable bonds is 20. The standard InChI is InChI=1S/C33H49N7O8/c1-21-12-14-22(15-13-21)47-16-10-8-6-4-2-3-5-7-9-11-24(43)34-17-25(44)39-26-28(45)29(46)33(48-30(26)23(42)18-41)40-32-27-31(36-19-35-27)37-20-38-32/h12-15,19-20,23,26,28-30,33,41-42,45-46H,2-11,16-18H2,1H3,(H,34,43)(H,39,44)(H2,35,36,37,38,40)/t23?,26-,28-,29-,30+,33+/m1/s1. The number of aliphatic hydroxyl groups is 4. The van der Waals surface area contributed by atoms with Gasteiger partial charge < -0.3 is 50.8 Å². The highest BCUT2D eigenvalue weighted by atomic mass is 16.5. The molecule has 2 amide bonds. The second kappa shape index (κ2) is 19.2. The Morgan fingerprint density at radius 3 is 2.33 bits per heavy atom. The average molecular weight is 672 g/mol. The molecule has 3 heterocycles. The van der Waals surface area contributed by atoms with E-state index in [1.807, 2.05) is 12.1 Å². The van der Waals surface area contributed by atoms with Crippen LogP contribution in [0.3, 0.4) is 0 Å². The smallest absolute Gasteiger partial charge is 0.239 e. The molecule has 15 heteroatoms. The molecule has 0 spiro atoms. The lowest BCUT2D eigenvalue weighted by atomic mass is 9.92. The SMILES string of the molecule is Cc1ccc(OCCCCCCCCCCCC(=O)NCC(=O)N[C@@H]2[C@@H](O)[C@@H](O)[C@@H](Nc3ncnc4nc[nH]c34)O[C@H]2C(O)CO)cc1. The number of nitrogens with one attached hydrogen (secondary N) is 4. The Balaban J connectivity index is 1.08. The van der Waals surface area contributed by atoms with Crippen molar-refractivity contribution in [3.05, 3.63) is 42.5 Å². The molecule has 1 saturated heterocycles. The molecule has 3 aromatic rings. The van der Waals surface area contributed by atoms with Crippen molar-refractivity contribution in [3.8, 4) is 5.75 Å². The molecule has 1 unspecified atom stereocenters. The fourth-order valence-electron chi connectivity index (χ4n) is 5.60. The predicted octanol–water partition coefficient (Wildman–Crippen LogP) is 1.45. The highest BCUT2D eigenvalue weighted by Crippen LogP contribution is 2.26. The van der Waals surface area contributed by atoms with Gasteiger partial charge in [0, 0.05) is 6.42 Å². The maximum Gasteiger partial charge on any atom is 0.239 e. The molecule has 1 fully saturated rings. The predicted molar refractivity (Wildman–Crippen MR) is 177 cm³/mol. The molecule has 0 bridgehead atoms. The van der Waals surface area contributed by atoms with Gasteiger partial charge >= 0.3 is 0 Å². The molecular weight excluding hydrogens is 622 g/mol. The molecule has 1 aliphatic heterocycles. The van der Waals surface area contributed by atoms with E-state index >= 15 is 0 Å². The van der Waals surface area contributed by atoms with Gasteiger partial charge in [-0.05, 0) is 31.9 Å². The van der Waals surface area contributed by atoms with Gasteiger partial charge in [-0.15, -0.1) is 0 Å². The first-order valence-corrected chi connectivity index (χ1v) is 16.7. The van der Waals surface area contributed by atoms with Crippen molar-refractivity contribution in [2.75, 3.05) is 25.1 Å². The van der Waals surface area contributed by atoms with Crippen LogP contribution in [0.5, 0.6) is 5.75 Å². The largest absolute Gasteiger partial charge is 0.494 e. The number of amides is 2. The zero-order valence-electron chi connectivity index (χ0n) is 27.4. The highest BCUT2D eigenvalue weighted by Gasteiger charge is 2.48. The van der Waals surface area contributed by atoms with E-state index < -0.39 is 49.2 Å². The minimum absolute atomic E-state index is 0.225. The molecule has 264 valence electrons. The highest BCUT2D eigenvalue weighted by molar-refractivity contribution is 5.85. The number of fused-ring (bicyclic) bond motifs is 1. The molecule has 0 saturated carbocycles. The summed E-state index contributed by atoms with van der Waals surface area (Å²) in [7, 11) is 0. The third-order valence-electron chi connectivity index (χ3n) is 8.37. The van der Waals surface area contributed by atoms with Crippen molar-refractivity contribution in [1.82, 2.24) is 30.6 Å². The van der Waals surface area contributed by atoms with Gasteiger partial charge in [0.15, 0.2) is 17.7 Å². The summed E-state index contributed by atoms with van der Waals surface area (Å²) >= 11 is 0. The number of aliphatic hydroxyl groups excluding tert-OH is 4. The molecule has 1 aromatic carbocycles. The summed E-state index contributed by atoms with van der Waals surface area (Å²) < 4.78 is 11.6. The molecule has 4 rings (SSSR count). The molecule has 0 radical (unpaired) electrons. The number of aromatic nitrogens is 4. The topological polar surface area (TPSA) is 224 Å². The van der Waals surface area contributed by atoms with Crippen LogP contribution >= 0.6 is 0 Å². The van der Waals surface area contributed by atoms with Crippen LogP contribution in [0.15, 0.2) is 36.9 Å². The number of carbonyl (C=O) groups is 2. The molecule has 6 atom stereocenters. The van der Waals surface area contributed by atoms with Crippen molar-refractivity contribution in [1.29, 1.82) is 0 Å². The number of nitrogens with zero attached hydrogens (tertiary/aromatic N) is 3. The summed E-state index contributed by atoms with van der Waals surface area (Å²) in [6, 6.07) is 6.82. The zero-order chi connectivity index (χ0) is 34.3. The van der Waals surface area contributed by atoms with Crippen molar-refractivity contribution >= 4 is 28.8 Å². The van der Waals surface area contributed by atoms with Crippen molar-refractivity contribution < 1.29 is 39.5 Å². The zero-order valence-corrected chi connectivity index (χ0v) is 27.4. The summed E-state index contributed by atoms with van der Waals surface area (Å²) in [5, 5.41) is 49.6. The lowest BCUT2D eigenvalue weighted by Crippen LogP contribution is -2.68. The van der Waals surface area contributed by atoms with E-state index in [0.717, 1.165) is 50.9 Å². The van der Waals surface area contributed by atoms with Crippen LogP contribution in [0.25, 0.3) is 11.2 Å². The van der Waals surface area contributed by atoms with Crippen LogP contribution in [-0.4, -0.2) is 109 Å². The van der Waals surface area contributed by atoms with E-state index in [0.29, 0.717) is 17.6 Å². The van der Waals surface area contributed by atoms with Gasteiger partial charge in [0.05, 0.1) is 32.1 Å². The Labute approximate surface area is 279 Å². The number of carbonyl (C=O) groups excluding carboxylic acids is 2. The lowest BCUT2D eigenvalue weighted by Gasteiger charge is -2.44. The first kappa shape index (κ1) is 36.9. The van der Waals surface area contributed by atoms with Crippen LogP contribution in [-0.2, 0) is 14.3 Å². The molecule has 2 aromatic heterocycles. The number of hydrogen-bond acceptors (Lipinski definition) is 12.